The van der Waals surface area contributed by atoms with Crippen LogP contribution in [0, 0.1) is 0 Å². The average molecular weight is 1470 g/mol. The first-order valence-electron chi connectivity index (χ1n) is 23.4. The molecule has 6 aromatic rings. The van der Waals surface area contributed by atoms with E-state index in [1.54, 1.807) is 112 Å². The number of hydrogen-bond donors (Lipinski definition) is 6. The number of rotatable bonds is 24. The largest absolute Gasteiger partial charge is 2.00 e. The molecule has 0 radical (unpaired) electrons. The van der Waals surface area contributed by atoms with E-state index in [0.717, 1.165) is 74.2 Å². The molecular weight excluding hydrogens is 1420 g/mol. The van der Waals surface area contributed by atoms with Crippen LogP contribution in [0.25, 0.3) is 0 Å². The number of aromatic nitrogens is 12. The third-order valence-electron chi connectivity index (χ3n) is 7.67. The Kier molecular flexibility index (Phi) is 60.2. The van der Waals surface area contributed by atoms with Gasteiger partial charge in [0.2, 0.25) is 0 Å². The van der Waals surface area contributed by atoms with Crippen LogP contribution >= 0.6 is 0 Å². The van der Waals surface area contributed by atoms with E-state index in [4.69, 9.17) is 0 Å². The fourth-order valence-electron chi connectivity index (χ4n) is 4.86. The summed E-state index contributed by atoms with van der Waals surface area (Å²) in [6.07, 6.45) is 31.5. The predicted molar refractivity (Wildman–Crippen MR) is 280 cm³/mol. The molecule has 0 unspecified atom stereocenters. The van der Waals surface area contributed by atoms with Gasteiger partial charge in [-0.15, -0.1) is 0 Å². The molecule has 496 valence electrons. The number of hydrogen-bond acceptors (Lipinski definition) is 14. The van der Waals surface area contributed by atoms with Crippen molar-refractivity contribution in [1.82, 2.24) is 69.6 Å². The van der Waals surface area contributed by atoms with Crippen LogP contribution < -0.4 is 103 Å². The number of nitrogens with zero attached hydrogens (tertiary/aromatic N) is 14. The smallest absolute Gasteiger partial charge is 0.418 e. The van der Waals surface area contributed by atoms with Crippen LogP contribution in [0.3, 0.4) is 0 Å². The van der Waals surface area contributed by atoms with E-state index in [1.807, 2.05) is 0 Å². The summed E-state index contributed by atoms with van der Waals surface area (Å²) < 4.78 is 234. The Morgan fingerprint density at radius 2 is 0.378 bits per heavy atom. The van der Waals surface area contributed by atoms with Gasteiger partial charge in [0.25, 0.3) is 0 Å². The molecule has 0 aliphatic rings. The molecule has 6 aromatic heterocycles. The molecule has 0 aromatic carbocycles. The Morgan fingerprint density at radius 3 is 0.467 bits per heavy atom. The molecule has 6 rings (SSSR count). The van der Waals surface area contributed by atoms with Gasteiger partial charge >= 0.3 is 180 Å². The molecule has 0 atom stereocenters. The molecule has 0 saturated carbocycles. The number of nitrogens with one attached hydrogen (secondary N) is 6. The van der Waals surface area contributed by atoms with Crippen molar-refractivity contribution < 1.29 is 240 Å². The Labute approximate surface area is 602 Å². The second-order valence-corrected chi connectivity index (χ2v) is 14.7. The minimum Gasteiger partial charge on any atom is -0.418 e. The second-order valence-electron chi connectivity index (χ2n) is 14.7. The number of halogens is 24. The van der Waals surface area contributed by atoms with Crippen LogP contribution in [0.5, 0.6) is 0 Å². The number of imidazole rings is 6. The van der Waals surface area contributed by atoms with Gasteiger partial charge in [-0.25, -0.2) is 29.9 Å². The predicted octanol–water partition coefficient (Wildman–Crippen LogP) is 3.43. The topological polar surface area (TPSA) is 253 Å². The standard InChI is InChI=1S/2C18H24N10.6BF4.2Fe.2K/c2*1-2-23-16(22-1)13-19-7-10-28(11-8-20-14-17-24-3-4-25-17)12-9-21-15-18-26-5-6-27-18;6*2-1(3,4)5;;;;/h2*1-6,13-15H,7-12H2,(H,22,23)(H,24,25)(H,26,27);;;;;;;;;;/q;;6*-1;2*+2;2*+1. The van der Waals surface area contributed by atoms with Gasteiger partial charge in [-0.2, -0.15) is 0 Å². The molecule has 0 aliphatic carbocycles. The number of aromatic amines is 6. The molecule has 0 bridgehead atoms. The summed E-state index contributed by atoms with van der Waals surface area (Å²) >= 11 is 0. The maximum absolute atomic E-state index is 9.75. The molecule has 0 fully saturated rings. The van der Waals surface area contributed by atoms with E-state index >= 15 is 0 Å². The van der Waals surface area contributed by atoms with Crippen molar-refractivity contribution >= 4 is 80.8 Å². The molecule has 0 aliphatic heterocycles. The zero-order valence-corrected chi connectivity index (χ0v) is 54.8. The Hall–Kier alpha value is -3.78. The van der Waals surface area contributed by atoms with Crippen LogP contribution in [0.4, 0.5) is 104 Å². The minimum atomic E-state index is -6.00. The fraction of sp³-hybridized carbons (Fsp3) is 0.333. The van der Waals surface area contributed by atoms with E-state index < -0.39 is 43.5 Å². The maximum atomic E-state index is 9.75. The zero-order chi connectivity index (χ0) is 65.6. The van der Waals surface area contributed by atoms with E-state index in [2.05, 4.69) is 99.6 Å². The minimum absolute atomic E-state index is 0. The molecule has 6 heterocycles. The van der Waals surface area contributed by atoms with Gasteiger partial charge in [0.05, 0.1) is 76.6 Å². The Morgan fingerprint density at radius 1 is 0.267 bits per heavy atom. The van der Waals surface area contributed by atoms with E-state index in [9.17, 15) is 104 Å². The summed E-state index contributed by atoms with van der Waals surface area (Å²) in [5, 5.41) is 0. The maximum Gasteiger partial charge on any atom is 2.00 e. The van der Waals surface area contributed by atoms with Crippen molar-refractivity contribution in [2.45, 2.75) is 0 Å². The molecule has 0 spiro atoms. The first-order valence-corrected chi connectivity index (χ1v) is 23.4. The third kappa shape index (κ3) is 90.6. The second kappa shape index (κ2) is 55.7. The normalized spacial score (nSPS) is 11.7. The monoisotopic (exact) mass is 1470 g/mol. The molecule has 90 heavy (non-hydrogen) atoms. The summed E-state index contributed by atoms with van der Waals surface area (Å²) in [7, 11) is -36.0. The van der Waals surface area contributed by atoms with Crippen LogP contribution in [0.1, 0.15) is 34.9 Å². The van der Waals surface area contributed by atoms with Gasteiger partial charge < -0.3 is 133 Å². The number of aliphatic imine (C=N–C) groups is 6. The van der Waals surface area contributed by atoms with E-state index in [0.29, 0.717) is 39.3 Å². The van der Waals surface area contributed by atoms with Gasteiger partial charge in [0.1, 0.15) is 34.9 Å². The van der Waals surface area contributed by atoms with Crippen molar-refractivity contribution in [2.75, 3.05) is 78.5 Å². The molecule has 20 nitrogen and oxygen atoms in total. The summed E-state index contributed by atoms with van der Waals surface area (Å²) in [6.45, 7) is 9.05. The van der Waals surface area contributed by atoms with Gasteiger partial charge in [-0.05, 0) is 0 Å². The first-order chi connectivity index (χ1) is 39.8. The van der Waals surface area contributed by atoms with E-state index in [-0.39, 0.29) is 137 Å². The Balaban J connectivity index is -0.000000263. The van der Waals surface area contributed by atoms with E-state index in [1.165, 1.54) is 0 Å². The molecule has 54 heteroatoms. The molecular formula is C36H48B6F24Fe2K2N20. The van der Waals surface area contributed by atoms with Gasteiger partial charge in [-0.3, -0.25) is 39.8 Å². The Bertz CT molecular complexity index is 2150. The van der Waals surface area contributed by atoms with Crippen molar-refractivity contribution in [3.05, 3.63) is 109 Å². The molecule has 6 N–H and O–H groups in total. The fourth-order valence-corrected chi connectivity index (χ4v) is 4.86. The van der Waals surface area contributed by atoms with Crippen LogP contribution in [0.2, 0.25) is 0 Å². The summed E-state index contributed by atoms with van der Waals surface area (Å²) in [5.41, 5.74) is 0. The van der Waals surface area contributed by atoms with Crippen molar-refractivity contribution in [1.29, 1.82) is 0 Å². The van der Waals surface area contributed by atoms with Crippen LogP contribution in [-0.2, 0) is 34.1 Å². The van der Waals surface area contributed by atoms with Crippen molar-refractivity contribution in [2.24, 2.45) is 30.0 Å². The quantitative estimate of drug-likeness (QED) is 0.0297. The van der Waals surface area contributed by atoms with Gasteiger partial charge in [0.15, 0.2) is 0 Å². The summed E-state index contributed by atoms with van der Waals surface area (Å²) in [5.74, 6) is 4.57. The first kappa shape index (κ1) is 97.3. The summed E-state index contributed by atoms with van der Waals surface area (Å²) in [4.78, 5) is 73.9. The van der Waals surface area contributed by atoms with Crippen LogP contribution in [-0.4, -0.2) is 229 Å². The zero-order valence-electron chi connectivity index (χ0n) is 46.4. The third-order valence-corrected chi connectivity index (χ3v) is 7.67. The van der Waals surface area contributed by atoms with Gasteiger partial charge in [-0.1, -0.05) is 0 Å². The van der Waals surface area contributed by atoms with Gasteiger partial charge in [0, 0.05) is 114 Å². The average Bonchev–Trinajstić information content (AvgIpc) is 4.21. The SMILES string of the molecule is C(=NCCN(CCN=Cc1ncc[nH]1)CCN=Cc1ncc[nH]1)c1ncc[nH]1.C(=NCCN(CCN=Cc1ncc[nH]1)CCN=Cc1ncc[nH]1)c1ncc[nH]1.F[B-](F)(F)F.F[B-](F)(F)F.F[B-](F)(F)F.F[B-](F)(F)F.F[B-](F)(F)F.F[B-](F)(F)F.[Fe+2].[Fe+2].[K+].[K+]. The molecule has 0 saturated heterocycles. The van der Waals surface area contributed by atoms with Crippen molar-refractivity contribution in [3.8, 4) is 0 Å². The summed E-state index contributed by atoms with van der Waals surface area (Å²) in [6, 6.07) is 0. The van der Waals surface area contributed by atoms with Crippen LogP contribution in [0.15, 0.2) is 104 Å². The molecule has 0 amide bonds. The number of H-pyrrole nitrogens is 6. The van der Waals surface area contributed by atoms with Crippen molar-refractivity contribution in [3.63, 3.8) is 0 Å².